The Labute approximate surface area is 195 Å². The SMILES string of the molecule is CCOc1ccc(-n2c(SCC(=O)NC(C)c3cccs3)nnc2-c2ccccc2)cc1. The van der Waals surface area contributed by atoms with Crippen LogP contribution in [0.3, 0.4) is 0 Å². The van der Waals surface area contributed by atoms with Crippen LogP contribution in [0.5, 0.6) is 5.75 Å². The van der Waals surface area contributed by atoms with Crippen LogP contribution < -0.4 is 10.1 Å². The number of hydrogen-bond donors (Lipinski definition) is 1. The van der Waals surface area contributed by atoms with Crippen LogP contribution in [0.2, 0.25) is 0 Å². The van der Waals surface area contributed by atoms with E-state index in [-0.39, 0.29) is 17.7 Å². The summed E-state index contributed by atoms with van der Waals surface area (Å²) >= 11 is 3.00. The topological polar surface area (TPSA) is 69.0 Å². The predicted molar refractivity (Wildman–Crippen MR) is 130 cm³/mol. The van der Waals surface area contributed by atoms with Crippen molar-refractivity contribution in [1.82, 2.24) is 20.1 Å². The zero-order valence-corrected chi connectivity index (χ0v) is 19.5. The third-order valence-electron chi connectivity index (χ3n) is 4.75. The lowest BCUT2D eigenvalue weighted by atomic mass is 10.2. The summed E-state index contributed by atoms with van der Waals surface area (Å²) in [7, 11) is 0. The van der Waals surface area contributed by atoms with Gasteiger partial charge in [0, 0.05) is 16.1 Å². The maximum atomic E-state index is 12.6. The van der Waals surface area contributed by atoms with Crippen molar-refractivity contribution in [2.45, 2.75) is 25.0 Å². The minimum Gasteiger partial charge on any atom is -0.494 e. The van der Waals surface area contributed by atoms with E-state index in [9.17, 15) is 4.79 Å². The van der Waals surface area contributed by atoms with Crippen LogP contribution in [0.1, 0.15) is 24.8 Å². The van der Waals surface area contributed by atoms with Crippen LogP contribution >= 0.6 is 23.1 Å². The van der Waals surface area contributed by atoms with Crippen LogP contribution in [0.4, 0.5) is 0 Å². The second-order valence-corrected chi connectivity index (χ2v) is 8.95. The van der Waals surface area contributed by atoms with Gasteiger partial charge in [0.25, 0.3) is 0 Å². The molecule has 0 spiro atoms. The molecule has 6 nitrogen and oxygen atoms in total. The maximum Gasteiger partial charge on any atom is 0.230 e. The van der Waals surface area contributed by atoms with E-state index < -0.39 is 0 Å². The molecule has 0 aliphatic heterocycles. The smallest absolute Gasteiger partial charge is 0.230 e. The molecule has 1 amide bonds. The number of aromatic nitrogens is 3. The molecule has 2 aromatic carbocycles. The van der Waals surface area contributed by atoms with Crippen molar-refractivity contribution in [2.75, 3.05) is 12.4 Å². The molecule has 8 heteroatoms. The fourth-order valence-electron chi connectivity index (χ4n) is 3.25. The number of carbonyl (C=O) groups is 1. The van der Waals surface area contributed by atoms with Gasteiger partial charge in [-0.3, -0.25) is 9.36 Å². The first kappa shape index (κ1) is 22.1. The number of carbonyl (C=O) groups excluding carboxylic acids is 1. The number of amides is 1. The van der Waals surface area contributed by atoms with Gasteiger partial charge in [-0.2, -0.15) is 0 Å². The number of thiophene rings is 1. The Kier molecular flexibility index (Phi) is 7.24. The molecule has 0 bridgehead atoms. The van der Waals surface area contributed by atoms with Crippen LogP contribution in [0.25, 0.3) is 17.1 Å². The van der Waals surface area contributed by atoms with Gasteiger partial charge in [-0.15, -0.1) is 21.5 Å². The quantitative estimate of drug-likeness (QED) is 0.338. The largest absolute Gasteiger partial charge is 0.494 e. The number of thioether (sulfide) groups is 1. The molecule has 0 aliphatic carbocycles. The number of rotatable bonds is 9. The normalized spacial score (nSPS) is 11.8. The van der Waals surface area contributed by atoms with E-state index in [1.807, 2.05) is 90.5 Å². The molecule has 0 fully saturated rings. The van der Waals surface area contributed by atoms with Crippen molar-refractivity contribution in [3.05, 3.63) is 77.0 Å². The second kappa shape index (κ2) is 10.5. The van der Waals surface area contributed by atoms with Crippen molar-refractivity contribution in [2.24, 2.45) is 0 Å². The molecule has 2 aromatic heterocycles. The molecular weight excluding hydrogens is 440 g/mol. The summed E-state index contributed by atoms with van der Waals surface area (Å²) in [6, 6.07) is 21.7. The number of hydrogen-bond acceptors (Lipinski definition) is 6. The Morgan fingerprint density at radius 1 is 1.09 bits per heavy atom. The minimum absolute atomic E-state index is 0.0213. The fraction of sp³-hybridized carbons (Fsp3) is 0.208. The molecule has 0 radical (unpaired) electrons. The molecule has 1 unspecified atom stereocenters. The van der Waals surface area contributed by atoms with Crippen LogP contribution in [0, 0.1) is 0 Å². The molecule has 0 saturated carbocycles. The van der Waals surface area contributed by atoms with Crippen LogP contribution in [-0.2, 0) is 4.79 Å². The number of nitrogens with zero attached hydrogens (tertiary/aromatic N) is 3. The van der Waals surface area contributed by atoms with Crippen molar-refractivity contribution in [3.63, 3.8) is 0 Å². The summed E-state index contributed by atoms with van der Waals surface area (Å²) in [5, 5.41) is 14.5. The Morgan fingerprint density at radius 2 is 1.88 bits per heavy atom. The third kappa shape index (κ3) is 5.20. The standard InChI is InChI=1S/C24H24N4O2S2/c1-3-30-20-13-11-19(12-14-20)28-23(18-8-5-4-6-9-18)26-27-24(28)32-16-22(29)25-17(2)21-10-7-15-31-21/h4-15,17H,3,16H2,1-2H3,(H,25,29). The molecule has 0 saturated heterocycles. The van der Waals surface area contributed by atoms with E-state index in [2.05, 4.69) is 15.5 Å². The minimum atomic E-state index is -0.0431. The van der Waals surface area contributed by atoms with Crippen molar-refractivity contribution in [1.29, 1.82) is 0 Å². The summed E-state index contributed by atoms with van der Waals surface area (Å²) in [6.07, 6.45) is 0. The van der Waals surface area contributed by atoms with Gasteiger partial charge in [-0.25, -0.2) is 0 Å². The first-order chi connectivity index (χ1) is 15.7. The molecule has 4 rings (SSSR count). The van der Waals surface area contributed by atoms with Gasteiger partial charge in [0.05, 0.1) is 18.4 Å². The third-order valence-corrected chi connectivity index (χ3v) is 6.74. The molecule has 4 aromatic rings. The Hall–Kier alpha value is -3.10. The summed E-state index contributed by atoms with van der Waals surface area (Å²) in [5.41, 5.74) is 1.86. The van der Waals surface area contributed by atoms with E-state index in [4.69, 9.17) is 4.74 Å². The van der Waals surface area contributed by atoms with E-state index in [0.29, 0.717) is 11.8 Å². The molecule has 2 heterocycles. The van der Waals surface area contributed by atoms with E-state index in [1.165, 1.54) is 11.8 Å². The summed E-state index contributed by atoms with van der Waals surface area (Å²) in [4.78, 5) is 13.7. The first-order valence-corrected chi connectivity index (χ1v) is 12.2. The molecule has 1 atom stereocenters. The second-order valence-electron chi connectivity index (χ2n) is 7.03. The lowest BCUT2D eigenvalue weighted by Gasteiger charge is -2.13. The van der Waals surface area contributed by atoms with Gasteiger partial charge in [0.1, 0.15) is 5.75 Å². The number of nitrogens with one attached hydrogen (secondary N) is 1. The molecule has 0 aliphatic rings. The fourth-order valence-corrected chi connectivity index (χ4v) is 4.75. The Bertz CT molecular complexity index is 1140. The predicted octanol–water partition coefficient (Wildman–Crippen LogP) is 5.36. The first-order valence-electron chi connectivity index (χ1n) is 10.4. The highest BCUT2D eigenvalue weighted by molar-refractivity contribution is 7.99. The monoisotopic (exact) mass is 464 g/mol. The van der Waals surface area contributed by atoms with E-state index in [1.54, 1.807) is 11.3 Å². The lowest BCUT2D eigenvalue weighted by Crippen LogP contribution is -2.27. The van der Waals surface area contributed by atoms with Crippen molar-refractivity contribution >= 4 is 29.0 Å². The zero-order valence-electron chi connectivity index (χ0n) is 17.9. The average Bonchev–Trinajstić information content (AvgIpc) is 3.50. The molecule has 1 N–H and O–H groups in total. The van der Waals surface area contributed by atoms with Crippen molar-refractivity contribution in [3.8, 4) is 22.8 Å². The average molecular weight is 465 g/mol. The Morgan fingerprint density at radius 3 is 2.56 bits per heavy atom. The summed E-state index contributed by atoms with van der Waals surface area (Å²) in [5.74, 6) is 1.74. The van der Waals surface area contributed by atoms with Gasteiger partial charge in [-0.1, -0.05) is 48.2 Å². The van der Waals surface area contributed by atoms with Crippen molar-refractivity contribution < 1.29 is 9.53 Å². The summed E-state index contributed by atoms with van der Waals surface area (Å²) < 4.78 is 7.55. The van der Waals surface area contributed by atoms with E-state index in [0.717, 1.165) is 27.7 Å². The number of ether oxygens (including phenoxy) is 1. The van der Waals surface area contributed by atoms with Gasteiger partial charge >= 0.3 is 0 Å². The van der Waals surface area contributed by atoms with Gasteiger partial charge in [0.15, 0.2) is 11.0 Å². The molecular formula is C24H24N4O2S2. The highest BCUT2D eigenvalue weighted by Gasteiger charge is 2.18. The Balaban J connectivity index is 1.56. The van der Waals surface area contributed by atoms with Gasteiger partial charge < -0.3 is 10.1 Å². The lowest BCUT2D eigenvalue weighted by molar-refractivity contribution is -0.119. The summed E-state index contributed by atoms with van der Waals surface area (Å²) in [6.45, 7) is 4.56. The van der Waals surface area contributed by atoms with Crippen LogP contribution in [-0.4, -0.2) is 33.0 Å². The molecule has 32 heavy (non-hydrogen) atoms. The number of benzene rings is 2. The van der Waals surface area contributed by atoms with E-state index >= 15 is 0 Å². The van der Waals surface area contributed by atoms with Gasteiger partial charge in [0.2, 0.25) is 5.91 Å². The van der Waals surface area contributed by atoms with Crippen LogP contribution in [0.15, 0.2) is 77.3 Å². The highest BCUT2D eigenvalue weighted by Crippen LogP contribution is 2.29. The highest BCUT2D eigenvalue weighted by atomic mass is 32.2. The zero-order chi connectivity index (χ0) is 22.3. The van der Waals surface area contributed by atoms with Gasteiger partial charge in [-0.05, 0) is 49.6 Å². The maximum absolute atomic E-state index is 12.6. The molecule has 164 valence electrons.